The molecule has 0 amide bonds. The van der Waals surface area contributed by atoms with Gasteiger partial charge in [0.25, 0.3) is 0 Å². The van der Waals surface area contributed by atoms with Gasteiger partial charge in [-0.05, 0) is 68.0 Å². The maximum atomic E-state index is 12.9. The predicted octanol–water partition coefficient (Wildman–Crippen LogP) is 4.33. The van der Waals surface area contributed by atoms with Crippen molar-refractivity contribution in [2.45, 2.75) is 19.9 Å². The monoisotopic (exact) mass is 432 g/mol. The summed E-state index contributed by atoms with van der Waals surface area (Å²) in [6, 6.07) is 11.5. The van der Waals surface area contributed by atoms with E-state index in [4.69, 9.17) is 33.3 Å². The first-order chi connectivity index (χ1) is 13.9. The molecule has 0 aliphatic carbocycles. The number of esters is 1. The van der Waals surface area contributed by atoms with Crippen LogP contribution in [0.3, 0.4) is 0 Å². The molecule has 0 radical (unpaired) electrons. The zero-order chi connectivity index (χ0) is 21.1. The lowest BCUT2D eigenvalue weighted by atomic mass is 9.94. The minimum Gasteiger partial charge on any atom is -0.504 e. The van der Waals surface area contributed by atoms with Gasteiger partial charge in [0.05, 0.1) is 25.3 Å². The molecular formula is C21H21ClN2O4S. The SMILES string of the molecule is CCOC(=O)C1=C(C)N(c2ccc(Cl)cc2)C(=S)NC1c1ccc(O)c(OC)c1. The highest BCUT2D eigenvalue weighted by molar-refractivity contribution is 7.80. The van der Waals surface area contributed by atoms with E-state index in [1.807, 2.05) is 19.1 Å². The standard InChI is InChI=1S/C21H21ClN2O4S/c1-4-28-20(26)18-12(2)24(15-8-6-14(22)7-9-15)21(29)23-19(18)13-5-10-16(25)17(11-13)27-3/h5-11,19,25H,4H2,1-3H3,(H,23,29). The number of phenols is 1. The van der Waals surface area contributed by atoms with Crippen LogP contribution in [0.2, 0.25) is 5.02 Å². The molecule has 2 aromatic carbocycles. The molecule has 0 spiro atoms. The fourth-order valence-electron chi connectivity index (χ4n) is 3.24. The number of allylic oxidation sites excluding steroid dienone is 1. The number of hydrogen-bond donors (Lipinski definition) is 2. The second-order valence-electron chi connectivity index (χ2n) is 6.35. The van der Waals surface area contributed by atoms with Gasteiger partial charge in [0, 0.05) is 16.4 Å². The Hall–Kier alpha value is -2.77. The third-order valence-electron chi connectivity index (χ3n) is 4.60. The van der Waals surface area contributed by atoms with Crippen LogP contribution in [0, 0.1) is 0 Å². The Balaban J connectivity index is 2.13. The van der Waals surface area contributed by atoms with Gasteiger partial charge in [0.2, 0.25) is 0 Å². The number of ether oxygens (including phenoxy) is 2. The molecule has 2 aromatic rings. The second kappa shape index (κ2) is 8.71. The summed E-state index contributed by atoms with van der Waals surface area (Å²) in [5, 5.41) is 14.2. The van der Waals surface area contributed by atoms with Crippen molar-refractivity contribution >= 4 is 40.6 Å². The van der Waals surface area contributed by atoms with Gasteiger partial charge in [-0.2, -0.15) is 0 Å². The van der Waals surface area contributed by atoms with Gasteiger partial charge >= 0.3 is 5.97 Å². The average Bonchev–Trinajstić information content (AvgIpc) is 2.69. The van der Waals surface area contributed by atoms with E-state index in [9.17, 15) is 9.90 Å². The minimum atomic E-state index is -0.556. The molecule has 29 heavy (non-hydrogen) atoms. The fraction of sp³-hybridized carbons (Fsp3) is 0.238. The maximum absolute atomic E-state index is 12.9. The van der Waals surface area contributed by atoms with Crippen LogP contribution in [0.1, 0.15) is 25.5 Å². The van der Waals surface area contributed by atoms with Crippen LogP contribution < -0.4 is 15.0 Å². The third kappa shape index (κ3) is 4.16. The van der Waals surface area contributed by atoms with E-state index in [1.54, 1.807) is 36.1 Å². The molecule has 1 aliphatic heterocycles. The van der Waals surface area contributed by atoms with Crippen LogP contribution in [-0.2, 0) is 9.53 Å². The topological polar surface area (TPSA) is 71.0 Å². The highest BCUT2D eigenvalue weighted by Crippen LogP contribution is 2.37. The highest BCUT2D eigenvalue weighted by Gasteiger charge is 2.35. The second-order valence-corrected chi connectivity index (χ2v) is 7.17. The Morgan fingerprint density at radius 2 is 1.97 bits per heavy atom. The third-order valence-corrected chi connectivity index (χ3v) is 5.15. The van der Waals surface area contributed by atoms with Gasteiger partial charge in [-0.1, -0.05) is 17.7 Å². The maximum Gasteiger partial charge on any atom is 0.338 e. The molecule has 8 heteroatoms. The Labute approximate surface area is 179 Å². The summed E-state index contributed by atoms with van der Waals surface area (Å²) < 4.78 is 10.5. The molecule has 152 valence electrons. The molecule has 2 N–H and O–H groups in total. The van der Waals surface area contributed by atoms with E-state index in [0.717, 1.165) is 5.69 Å². The molecule has 0 saturated carbocycles. The lowest BCUT2D eigenvalue weighted by molar-refractivity contribution is -0.139. The molecule has 6 nitrogen and oxygen atoms in total. The number of hydrogen-bond acceptors (Lipinski definition) is 5. The van der Waals surface area contributed by atoms with Crippen LogP contribution in [0.4, 0.5) is 5.69 Å². The van der Waals surface area contributed by atoms with Crippen molar-refractivity contribution in [2.24, 2.45) is 0 Å². The highest BCUT2D eigenvalue weighted by atomic mass is 35.5. The molecule has 0 fully saturated rings. The van der Waals surface area contributed by atoms with Crippen molar-refractivity contribution in [1.82, 2.24) is 5.32 Å². The quantitative estimate of drug-likeness (QED) is 0.538. The van der Waals surface area contributed by atoms with Gasteiger partial charge in [-0.3, -0.25) is 4.90 Å². The number of carbonyl (C=O) groups is 1. The summed E-state index contributed by atoms with van der Waals surface area (Å²) in [5.74, 6) is -0.136. The van der Waals surface area contributed by atoms with Crippen LogP contribution in [-0.4, -0.2) is 29.9 Å². The van der Waals surface area contributed by atoms with Crippen molar-refractivity contribution in [3.05, 3.63) is 64.3 Å². The Bertz CT molecular complexity index is 975. The van der Waals surface area contributed by atoms with Crippen molar-refractivity contribution < 1.29 is 19.4 Å². The van der Waals surface area contributed by atoms with E-state index in [1.165, 1.54) is 13.2 Å². The molecule has 1 atom stereocenters. The Morgan fingerprint density at radius 3 is 2.59 bits per heavy atom. The summed E-state index contributed by atoms with van der Waals surface area (Å²) in [6.45, 7) is 3.81. The Morgan fingerprint density at radius 1 is 1.28 bits per heavy atom. The number of thiocarbonyl (C=S) groups is 1. The number of methoxy groups -OCH3 is 1. The number of nitrogens with zero attached hydrogens (tertiary/aromatic N) is 1. The first-order valence-corrected chi connectivity index (χ1v) is 9.77. The van der Waals surface area contributed by atoms with Crippen LogP contribution in [0.5, 0.6) is 11.5 Å². The summed E-state index contributed by atoms with van der Waals surface area (Å²) in [6.07, 6.45) is 0. The van der Waals surface area contributed by atoms with Gasteiger partial charge in [-0.15, -0.1) is 0 Å². The van der Waals surface area contributed by atoms with Crippen molar-refractivity contribution in [1.29, 1.82) is 0 Å². The summed E-state index contributed by atoms with van der Waals surface area (Å²) in [5.41, 5.74) is 2.54. The number of carbonyl (C=O) groups excluding carboxylic acids is 1. The average molecular weight is 433 g/mol. The van der Waals surface area contributed by atoms with Gasteiger partial charge in [0.1, 0.15) is 0 Å². The molecule has 0 bridgehead atoms. The lowest BCUT2D eigenvalue weighted by Gasteiger charge is -2.37. The van der Waals surface area contributed by atoms with Crippen molar-refractivity contribution in [2.75, 3.05) is 18.6 Å². The summed E-state index contributed by atoms with van der Waals surface area (Å²) in [7, 11) is 1.47. The summed E-state index contributed by atoms with van der Waals surface area (Å²) >= 11 is 11.6. The number of rotatable bonds is 5. The van der Waals surface area contributed by atoms with E-state index >= 15 is 0 Å². The van der Waals surface area contributed by atoms with Gasteiger partial charge < -0.3 is 19.9 Å². The van der Waals surface area contributed by atoms with E-state index in [0.29, 0.717) is 32.7 Å². The van der Waals surface area contributed by atoms with Crippen molar-refractivity contribution in [3.63, 3.8) is 0 Å². The lowest BCUT2D eigenvalue weighted by Crippen LogP contribution is -2.48. The normalized spacial score (nSPS) is 16.5. The van der Waals surface area contributed by atoms with E-state index in [2.05, 4.69) is 5.32 Å². The molecule has 1 heterocycles. The molecule has 3 rings (SSSR count). The zero-order valence-electron chi connectivity index (χ0n) is 16.2. The van der Waals surface area contributed by atoms with E-state index in [-0.39, 0.29) is 12.4 Å². The number of benzene rings is 2. The van der Waals surface area contributed by atoms with Crippen LogP contribution in [0.15, 0.2) is 53.7 Å². The largest absolute Gasteiger partial charge is 0.504 e. The molecule has 0 saturated heterocycles. The molecule has 1 aliphatic rings. The summed E-state index contributed by atoms with van der Waals surface area (Å²) in [4.78, 5) is 14.6. The van der Waals surface area contributed by atoms with Crippen LogP contribution >= 0.6 is 23.8 Å². The van der Waals surface area contributed by atoms with Crippen molar-refractivity contribution in [3.8, 4) is 11.5 Å². The predicted molar refractivity (Wildman–Crippen MR) is 116 cm³/mol. The number of nitrogens with one attached hydrogen (secondary N) is 1. The number of aromatic hydroxyl groups is 1. The molecule has 0 aromatic heterocycles. The van der Waals surface area contributed by atoms with Gasteiger partial charge in [0.15, 0.2) is 16.6 Å². The van der Waals surface area contributed by atoms with E-state index < -0.39 is 12.0 Å². The molecule has 1 unspecified atom stereocenters. The molecular weight excluding hydrogens is 412 g/mol. The van der Waals surface area contributed by atoms with Gasteiger partial charge in [-0.25, -0.2) is 4.79 Å². The first-order valence-electron chi connectivity index (χ1n) is 8.98. The number of phenolic OH excluding ortho intramolecular Hbond substituents is 1. The first kappa shape index (κ1) is 21.0. The smallest absolute Gasteiger partial charge is 0.338 e. The fourth-order valence-corrected chi connectivity index (χ4v) is 3.73. The number of halogens is 1. The Kier molecular flexibility index (Phi) is 6.30. The minimum absolute atomic E-state index is 0.0100. The number of anilines is 1. The van der Waals surface area contributed by atoms with Crippen LogP contribution in [0.25, 0.3) is 0 Å². The zero-order valence-corrected chi connectivity index (χ0v) is 17.8.